The molecule has 1 fully saturated rings. The Bertz CT molecular complexity index is 984. The van der Waals surface area contributed by atoms with Crippen molar-refractivity contribution in [3.63, 3.8) is 0 Å². The molecule has 3 aromatic rings. The highest BCUT2D eigenvalue weighted by Crippen LogP contribution is 2.24. The molecule has 1 atom stereocenters. The molecule has 2 aromatic heterocycles. The van der Waals surface area contributed by atoms with Gasteiger partial charge in [0.15, 0.2) is 5.76 Å². The smallest absolute Gasteiger partial charge is 0.283 e. The van der Waals surface area contributed by atoms with E-state index < -0.39 is 0 Å². The van der Waals surface area contributed by atoms with E-state index in [1.54, 1.807) is 21.9 Å². The standard InChI is InChI=1S/C22H24N4O4/c1-2-10-25(15-19-23-24-21(30-19)18-9-6-11-29-18)22(28)17-12-20(27)26(14-17)13-16-7-4-3-5-8-16/h3-9,11,17H,2,10,12-15H2,1H3/t17-/m1/s1. The Kier molecular flexibility index (Phi) is 5.92. The van der Waals surface area contributed by atoms with Crippen LogP contribution in [0.3, 0.4) is 0 Å². The lowest BCUT2D eigenvalue weighted by atomic mass is 10.1. The highest BCUT2D eigenvalue weighted by Gasteiger charge is 2.36. The van der Waals surface area contributed by atoms with E-state index in [0.29, 0.717) is 31.3 Å². The first kappa shape index (κ1) is 19.9. The maximum Gasteiger partial charge on any atom is 0.283 e. The lowest BCUT2D eigenvalue weighted by Crippen LogP contribution is -2.37. The van der Waals surface area contributed by atoms with E-state index in [0.717, 1.165) is 12.0 Å². The molecule has 1 aromatic carbocycles. The Morgan fingerprint density at radius 1 is 1.20 bits per heavy atom. The number of carbonyl (C=O) groups excluding carboxylic acids is 2. The summed E-state index contributed by atoms with van der Waals surface area (Å²) in [5.41, 5.74) is 1.06. The van der Waals surface area contributed by atoms with Crippen molar-refractivity contribution in [2.24, 2.45) is 5.92 Å². The molecular formula is C22H24N4O4. The van der Waals surface area contributed by atoms with Crippen molar-refractivity contribution in [1.82, 2.24) is 20.0 Å². The van der Waals surface area contributed by atoms with Gasteiger partial charge in [0.05, 0.1) is 18.7 Å². The molecule has 0 spiro atoms. The van der Waals surface area contributed by atoms with Gasteiger partial charge in [-0.25, -0.2) is 0 Å². The van der Waals surface area contributed by atoms with Crippen LogP contribution in [0.1, 0.15) is 31.2 Å². The summed E-state index contributed by atoms with van der Waals surface area (Å²) in [4.78, 5) is 29.1. The Balaban J connectivity index is 1.41. The quantitative estimate of drug-likeness (QED) is 0.569. The fourth-order valence-electron chi connectivity index (χ4n) is 3.67. The van der Waals surface area contributed by atoms with Gasteiger partial charge in [0.1, 0.15) is 0 Å². The van der Waals surface area contributed by atoms with Crippen LogP contribution in [0.2, 0.25) is 0 Å². The molecule has 0 bridgehead atoms. The van der Waals surface area contributed by atoms with E-state index in [1.165, 1.54) is 6.26 Å². The molecule has 0 radical (unpaired) electrons. The van der Waals surface area contributed by atoms with Crippen LogP contribution in [-0.4, -0.2) is 44.9 Å². The number of aromatic nitrogens is 2. The number of hydrogen-bond donors (Lipinski definition) is 0. The lowest BCUT2D eigenvalue weighted by Gasteiger charge is -2.24. The van der Waals surface area contributed by atoms with Gasteiger partial charge in [-0.1, -0.05) is 37.3 Å². The van der Waals surface area contributed by atoms with Crippen molar-refractivity contribution < 1.29 is 18.4 Å². The van der Waals surface area contributed by atoms with Crippen molar-refractivity contribution in [1.29, 1.82) is 0 Å². The van der Waals surface area contributed by atoms with Crippen molar-refractivity contribution in [3.8, 4) is 11.7 Å². The molecule has 8 nitrogen and oxygen atoms in total. The second kappa shape index (κ2) is 8.94. The number of amides is 2. The van der Waals surface area contributed by atoms with Crippen LogP contribution in [0.15, 0.2) is 57.6 Å². The third kappa shape index (κ3) is 4.42. The van der Waals surface area contributed by atoms with Crippen molar-refractivity contribution in [2.75, 3.05) is 13.1 Å². The molecule has 30 heavy (non-hydrogen) atoms. The third-order valence-electron chi connectivity index (χ3n) is 5.11. The van der Waals surface area contributed by atoms with Gasteiger partial charge in [0, 0.05) is 26.1 Å². The van der Waals surface area contributed by atoms with Crippen LogP contribution < -0.4 is 0 Å². The van der Waals surface area contributed by atoms with Gasteiger partial charge >= 0.3 is 0 Å². The largest absolute Gasteiger partial charge is 0.459 e. The minimum Gasteiger partial charge on any atom is -0.459 e. The van der Waals surface area contributed by atoms with Crippen LogP contribution >= 0.6 is 0 Å². The first-order chi connectivity index (χ1) is 14.6. The predicted octanol–water partition coefficient (Wildman–Crippen LogP) is 3.12. The van der Waals surface area contributed by atoms with E-state index in [9.17, 15) is 9.59 Å². The molecule has 0 N–H and O–H groups in total. The Morgan fingerprint density at radius 2 is 2.03 bits per heavy atom. The van der Waals surface area contributed by atoms with Gasteiger partial charge in [-0.3, -0.25) is 9.59 Å². The third-order valence-corrected chi connectivity index (χ3v) is 5.11. The van der Waals surface area contributed by atoms with E-state index in [2.05, 4.69) is 10.2 Å². The summed E-state index contributed by atoms with van der Waals surface area (Å²) in [6, 6.07) is 13.3. The van der Waals surface area contributed by atoms with E-state index in [4.69, 9.17) is 8.83 Å². The Hall–Kier alpha value is -3.42. The number of benzene rings is 1. The number of nitrogens with zero attached hydrogens (tertiary/aromatic N) is 4. The molecule has 0 saturated carbocycles. The Morgan fingerprint density at radius 3 is 2.77 bits per heavy atom. The molecular weight excluding hydrogens is 384 g/mol. The number of hydrogen-bond acceptors (Lipinski definition) is 6. The monoisotopic (exact) mass is 408 g/mol. The summed E-state index contributed by atoms with van der Waals surface area (Å²) in [7, 11) is 0. The minimum atomic E-state index is -0.361. The average molecular weight is 408 g/mol. The van der Waals surface area contributed by atoms with Crippen LogP contribution in [0.4, 0.5) is 0 Å². The van der Waals surface area contributed by atoms with Gasteiger partial charge in [-0.2, -0.15) is 0 Å². The molecule has 4 rings (SSSR count). The summed E-state index contributed by atoms with van der Waals surface area (Å²) < 4.78 is 10.9. The lowest BCUT2D eigenvalue weighted by molar-refractivity contribution is -0.136. The minimum absolute atomic E-state index is 0.00606. The molecule has 0 unspecified atom stereocenters. The zero-order valence-corrected chi connectivity index (χ0v) is 16.9. The summed E-state index contributed by atoms with van der Waals surface area (Å²) >= 11 is 0. The van der Waals surface area contributed by atoms with Crippen molar-refractivity contribution in [2.45, 2.75) is 32.9 Å². The summed E-state index contributed by atoms with van der Waals surface area (Å²) in [6.07, 6.45) is 2.55. The van der Waals surface area contributed by atoms with Crippen molar-refractivity contribution in [3.05, 3.63) is 60.2 Å². The second-order valence-corrected chi connectivity index (χ2v) is 7.40. The number of likely N-dealkylation sites (tertiary alicyclic amines) is 1. The molecule has 8 heteroatoms. The van der Waals surface area contributed by atoms with Gasteiger partial charge in [0.25, 0.3) is 5.89 Å². The number of carbonyl (C=O) groups is 2. The maximum atomic E-state index is 13.2. The van der Waals surface area contributed by atoms with Crippen LogP contribution in [-0.2, 0) is 22.7 Å². The Labute approximate surface area is 174 Å². The van der Waals surface area contributed by atoms with Gasteiger partial charge in [-0.15, -0.1) is 10.2 Å². The van der Waals surface area contributed by atoms with E-state index >= 15 is 0 Å². The molecule has 1 saturated heterocycles. The zero-order chi connectivity index (χ0) is 20.9. The molecule has 1 aliphatic rings. The first-order valence-corrected chi connectivity index (χ1v) is 10.1. The van der Waals surface area contributed by atoms with Gasteiger partial charge in [0.2, 0.25) is 17.7 Å². The second-order valence-electron chi connectivity index (χ2n) is 7.40. The summed E-state index contributed by atoms with van der Waals surface area (Å²) in [5.74, 6) is 0.697. The molecule has 2 amide bonds. The topological polar surface area (TPSA) is 92.7 Å². The highest BCUT2D eigenvalue weighted by molar-refractivity contribution is 5.89. The SMILES string of the molecule is CCCN(Cc1nnc(-c2ccco2)o1)C(=O)[C@@H]1CC(=O)N(Cc2ccccc2)C1. The fraction of sp³-hybridized carbons (Fsp3) is 0.364. The maximum absolute atomic E-state index is 13.2. The predicted molar refractivity (Wildman–Crippen MR) is 108 cm³/mol. The molecule has 3 heterocycles. The molecule has 0 aliphatic carbocycles. The highest BCUT2D eigenvalue weighted by atomic mass is 16.4. The van der Waals surface area contributed by atoms with E-state index in [-0.39, 0.29) is 36.6 Å². The zero-order valence-electron chi connectivity index (χ0n) is 16.9. The van der Waals surface area contributed by atoms with Crippen LogP contribution in [0.5, 0.6) is 0 Å². The van der Waals surface area contributed by atoms with Gasteiger partial charge < -0.3 is 18.6 Å². The molecule has 1 aliphatic heterocycles. The summed E-state index contributed by atoms with van der Waals surface area (Å²) in [5, 5.41) is 8.03. The normalized spacial score (nSPS) is 16.2. The molecule has 156 valence electrons. The van der Waals surface area contributed by atoms with Crippen LogP contribution in [0.25, 0.3) is 11.7 Å². The van der Waals surface area contributed by atoms with E-state index in [1.807, 2.05) is 37.3 Å². The van der Waals surface area contributed by atoms with Crippen molar-refractivity contribution >= 4 is 11.8 Å². The number of furan rings is 1. The fourth-order valence-corrected chi connectivity index (χ4v) is 3.67. The first-order valence-electron chi connectivity index (χ1n) is 10.1. The average Bonchev–Trinajstić information content (AvgIpc) is 3.50. The van der Waals surface area contributed by atoms with Gasteiger partial charge in [-0.05, 0) is 24.1 Å². The number of rotatable bonds is 8. The van der Waals surface area contributed by atoms with Crippen LogP contribution in [0, 0.1) is 5.92 Å². The summed E-state index contributed by atoms with van der Waals surface area (Å²) in [6.45, 7) is 3.72.